The number of rotatable bonds is 10. The van der Waals surface area contributed by atoms with Gasteiger partial charge in [-0.15, -0.1) is 0 Å². The molecule has 1 atom stereocenters. The molecule has 3 N–H and O–H groups in total. The zero-order valence-electron chi connectivity index (χ0n) is 20.7. The fourth-order valence-corrected chi connectivity index (χ4v) is 4.19. The summed E-state index contributed by atoms with van der Waals surface area (Å²) in [6, 6.07) is 9.70. The molecule has 196 valence electrons. The quantitative estimate of drug-likeness (QED) is 0.178. The van der Waals surface area contributed by atoms with Crippen molar-refractivity contribution in [3.8, 4) is 17.2 Å². The van der Waals surface area contributed by atoms with Crippen molar-refractivity contribution in [3.05, 3.63) is 63.8 Å². The van der Waals surface area contributed by atoms with Gasteiger partial charge in [0, 0.05) is 11.3 Å². The molecule has 37 heavy (non-hydrogen) atoms. The fraction of sp³-hybridized carbons (Fsp3) is 0.280. The van der Waals surface area contributed by atoms with E-state index in [1.165, 1.54) is 20.4 Å². The van der Waals surface area contributed by atoms with Crippen LogP contribution in [0.25, 0.3) is 0 Å². The van der Waals surface area contributed by atoms with E-state index in [1.54, 1.807) is 50.2 Å². The first-order valence-corrected chi connectivity index (χ1v) is 12.0. The predicted octanol–water partition coefficient (Wildman–Crippen LogP) is 3.24. The summed E-state index contributed by atoms with van der Waals surface area (Å²) in [7, 11) is 2.98. The van der Waals surface area contributed by atoms with E-state index in [0.717, 1.165) is 0 Å². The lowest BCUT2D eigenvalue weighted by Gasteiger charge is -2.30. The van der Waals surface area contributed by atoms with Crippen LogP contribution in [0.5, 0.6) is 17.2 Å². The fourth-order valence-electron chi connectivity index (χ4n) is 3.62. The SMILES string of the molecule is CCOC(=O)C1=C(C)NC(=S)N[C@H]1c1ccccc1OCC(=O)NN=Cc1cc(Cl)c(OC)c(OC)c1. The zero-order valence-corrected chi connectivity index (χ0v) is 22.3. The Balaban J connectivity index is 1.71. The van der Waals surface area contributed by atoms with Crippen LogP contribution in [-0.4, -0.2) is 50.6 Å². The highest BCUT2D eigenvalue weighted by atomic mass is 35.5. The number of carbonyl (C=O) groups excluding carboxylic acids is 2. The second-order valence-corrected chi connectivity index (χ2v) is 8.46. The van der Waals surface area contributed by atoms with Gasteiger partial charge in [0.25, 0.3) is 5.91 Å². The van der Waals surface area contributed by atoms with Gasteiger partial charge in [-0.05, 0) is 49.8 Å². The average molecular weight is 547 g/mol. The van der Waals surface area contributed by atoms with Crippen LogP contribution in [-0.2, 0) is 14.3 Å². The third kappa shape index (κ3) is 6.89. The number of nitrogens with zero attached hydrogens (tertiary/aromatic N) is 1. The molecule has 0 saturated heterocycles. The summed E-state index contributed by atoms with van der Waals surface area (Å²) in [4.78, 5) is 25.1. The Hall–Kier alpha value is -3.83. The minimum absolute atomic E-state index is 0.223. The van der Waals surface area contributed by atoms with Gasteiger partial charge in [0.1, 0.15) is 5.75 Å². The maximum absolute atomic E-state index is 12.7. The first kappa shape index (κ1) is 27.8. The van der Waals surface area contributed by atoms with E-state index >= 15 is 0 Å². The number of esters is 1. The number of methoxy groups -OCH3 is 2. The molecule has 0 radical (unpaired) electrons. The summed E-state index contributed by atoms with van der Waals surface area (Å²) in [5, 5.41) is 10.7. The number of ether oxygens (including phenoxy) is 4. The molecule has 0 fully saturated rings. The second kappa shape index (κ2) is 12.9. The third-order valence-corrected chi connectivity index (χ3v) is 5.71. The molecule has 3 rings (SSSR count). The van der Waals surface area contributed by atoms with Gasteiger partial charge < -0.3 is 29.6 Å². The van der Waals surface area contributed by atoms with Crippen LogP contribution in [0.1, 0.15) is 31.0 Å². The number of hydrogen-bond acceptors (Lipinski definition) is 8. The third-order valence-electron chi connectivity index (χ3n) is 5.21. The molecule has 1 aliphatic heterocycles. The molecule has 10 nitrogen and oxygen atoms in total. The van der Waals surface area contributed by atoms with Crippen molar-refractivity contribution in [3.63, 3.8) is 0 Å². The number of halogens is 1. The number of hydrogen-bond donors (Lipinski definition) is 3. The van der Waals surface area contributed by atoms with Crippen LogP contribution < -0.4 is 30.3 Å². The number of benzene rings is 2. The van der Waals surface area contributed by atoms with Gasteiger partial charge in [0.15, 0.2) is 23.2 Å². The largest absolute Gasteiger partial charge is 0.493 e. The van der Waals surface area contributed by atoms with E-state index in [2.05, 4.69) is 21.2 Å². The van der Waals surface area contributed by atoms with Crippen molar-refractivity contribution in [2.75, 3.05) is 27.4 Å². The summed E-state index contributed by atoms with van der Waals surface area (Å²) in [5.41, 5.74) is 4.56. The highest BCUT2D eigenvalue weighted by Gasteiger charge is 2.32. The number of nitrogens with one attached hydrogen (secondary N) is 3. The van der Waals surface area contributed by atoms with Crippen molar-refractivity contribution in [1.82, 2.24) is 16.1 Å². The van der Waals surface area contributed by atoms with Gasteiger partial charge in [-0.3, -0.25) is 4.79 Å². The Morgan fingerprint density at radius 2 is 1.95 bits per heavy atom. The van der Waals surface area contributed by atoms with Crippen LogP contribution in [0.15, 0.2) is 52.8 Å². The normalized spacial score (nSPS) is 15.1. The van der Waals surface area contributed by atoms with Gasteiger partial charge in [0.05, 0.1) is 43.7 Å². The monoisotopic (exact) mass is 546 g/mol. The van der Waals surface area contributed by atoms with Crippen molar-refractivity contribution in [1.29, 1.82) is 0 Å². The number of hydrazone groups is 1. The summed E-state index contributed by atoms with van der Waals surface area (Å²) in [6.07, 6.45) is 1.42. The summed E-state index contributed by atoms with van der Waals surface area (Å²) in [5.74, 6) is 0.247. The molecule has 1 aliphatic rings. The lowest BCUT2D eigenvalue weighted by molar-refractivity contribution is -0.139. The standard InChI is InChI=1S/C25H27ClN4O6S/c1-5-35-24(32)21-14(2)28-25(37)29-22(21)16-8-6-7-9-18(16)36-13-20(31)30-27-12-15-10-17(26)23(34-4)19(11-15)33-3/h6-12,22H,5,13H2,1-4H3,(H,30,31)(H2,28,29,37)/t22-/m0/s1. The number of amides is 1. The molecule has 0 aromatic heterocycles. The number of para-hydroxylation sites is 1. The maximum Gasteiger partial charge on any atom is 0.338 e. The minimum Gasteiger partial charge on any atom is -0.493 e. The van der Waals surface area contributed by atoms with Crippen LogP contribution in [0.3, 0.4) is 0 Å². The zero-order chi connectivity index (χ0) is 26.9. The van der Waals surface area contributed by atoms with Crippen LogP contribution in [0.4, 0.5) is 0 Å². The predicted molar refractivity (Wildman–Crippen MR) is 143 cm³/mol. The summed E-state index contributed by atoms with van der Waals surface area (Å²) in [6.45, 7) is 3.37. The molecule has 1 amide bonds. The Kier molecular flexibility index (Phi) is 9.70. The van der Waals surface area contributed by atoms with E-state index in [4.69, 9.17) is 42.8 Å². The van der Waals surface area contributed by atoms with Gasteiger partial charge in [-0.2, -0.15) is 5.10 Å². The van der Waals surface area contributed by atoms with Gasteiger partial charge >= 0.3 is 5.97 Å². The molecule has 0 spiro atoms. The van der Waals surface area contributed by atoms with E-state index in [9.17, 15) is 9.59 Å². The lowest BCUT2D eigenvalue weighted by Crippen LogP contribution is -2.45. The van der Waals surface area contributed by atoms with E-state index in [0.29, 0.717) is 49.8 Å². The Morgan fingerprint density at radius 3 is 2.65 bits per heavy atom. The van der Waals surface area contributed by atoms with E-state index in [-0.39, 0.29) is 13.2 Å². The number of allylic oxidation sites excluding steroid dienone is 1. The van der Waals surface area contributed by atoms with Crippen LogP contribution in [0, 0.1) is 0 Å². The summed E-state index contributed by atoms with van der Waals surface area (Å²) < 4.78 is 21.5. The Labute approximate surface area is 224 Å². The molecule has 0 aliphatic carbocycles. The molecule has 12 heteroatoms. The molecular formula is C25H27ClN4O6S. The Morgan fingerprint density at radius 1 is 1.19 bits per heavy atom. The van der Waals surface area contributed by atoms with Gasteiger partial charge in [0.2, 0.25) is 0 Å². The van der Waals surface area contributed by atoms with Crippen LogP contribution >= 0.6 is 23.8 Å². The summed E-state index contributed by atoms with van der Waals surface area (Å²) >= 11 is 11.5. The maximum atomic E-state index is 12.7. The molecule has 0 bridgehead atoms. The Bertz CT molecular complexity index is 1250. The van der Waals surface area contributed by atoms with Gasteiger partial charge in [-0.1, -0.05) is 29.8 Å². The lowest BCUT2D eigenvalue weighted by atomic mass is 9.95. The van der Waals surface area contributed by atoms with Crippen LogP contribution in [0.2, 0.25) is 5.02 Å². The molecule has 0 unspecified atom stereocenters. The van der Waals surface area contributed by atoms with E-state index in [1.807, 2.05) is 0 Å². The molecular weight excluding hydrogens is 520 g/mol. The number of carbonyl (C=O) groups is 2. The molecule has 0 saturated carbocycles. The number of thiocarbonyl (C=S) groups is 1. The molecule has 2 aromatic rings. The van der Waals surface area contributed by atoms with Gasteiger partial charge in [-0.25, -0.2) is 10.2 Å². The van der Waals surface area contributed by atoms with Crippen molar-refractivity contribution >= 4 is 47.0 Å². The highest BCUT2D eigenvalue weighted by Crippen LogP contribution is 2.36. The topological polar surface area (TPSA) is 120 Å². The first-order valence-electron chi connectivity index (χ1n) is 11.2. The molecule has 2 aromatic carbocycles. The first-order chi connectivity index (χ1) is 17.8. The van der Waals surface area contributed by atoms with E-state index < -0.39 is 17.9 Å². The molecule has 1 heterocycles. The minimum atomic E-state index is -0.625. The van der Waals surface area contributed by atoms with Crippen molar-refractivity contribution in [2.24, 2.45) is 5.10 Å². The second-order valence-electron chi connectivity index (χ2n) is 7.65. The van der Waals surface area contributed by atoms with Crippen molar-refractivity contribution < 1.29 is 28.5 Å². The van der Waals surface area contributed by atoms with Crippen molar-refractivity contribution in [2.45, 2.75) is 19.9 Å². The average Bonchev–Trinajstić information content (AvgIpc) is 2.86. The highest BCUT2D eigenvalue weighted by molar-refractivity contribution is 7.80. The smallest absolute Gasteiger partial charge is 0.338 e.